The van der Waals surface area contributed by atoms with Crippen LogP contribution in [-0.4, -0.2) is 9.97 Å². The fourth-order valence-electron chi connectivity index (χ4n) is 2.81. The van der Waals surface area contributed by atoms with Crippen LogP contribution in [-0.2, 0) is 6.61 Å². The Kier molecular flexibility index (Phi) is 4.38. The van der Waals surface area contributed by atoms with Crippen molar-refractivity contribution in [2.45, 2.75) is 6.61 Å². The molecule has 0 aliphatic carbocycles. The number of rotatable bonds is 4. The maximum Gasteiger partial charge on any atom is 0.259 e. The van der Waals surface area contributed by atoms with Gasteiger partial charge in [0.05, 0.1) is 10.9 Å². The Morgan fingerprint density at radius 2 is 1.67 bits per heavy atom. The van der Waals surface area contributed by atoms with Crippen molar-refractivity contribution in [3.63, 3.8) is 0 Å². The predicted molar refractivity (Wildman–Crippen MR) is 98.5 cm³/mol. The number of halogens is 2. The number of benzene rings is 3. The number of H-pyrrole nitrogens is 1. The van der Waals surface area contributed by atoms with E-state index in [2.05, 4.69) is 9.97 Å². The lowest BCUT2D eigenvalue weighted by atomic mass is 10.1. The molecule has 4 nitrogen and oxygen atoms in total. The molecule has 0 saturated carbocycles. The van der Waals surface area contributed by atoms with Gasteiger partial charge in [-0.1, -0.05) is 36.4 Å². The fourth-order valence-corrected chi connectivity index (χ4v) is 2.81. The van der Waals surface area contributed by atoms with Gasteiger partial charge in [-0.15, -0.1) is 0 Å². The molecule has 0 unspecified atom stereocenters. The molecule has 0 aliphatic heterocycles. The number of fused-ring (bicyclic) bond motifs is 1. The molecule has 27 heavy (non-hydrogen) atoms. The predicted octanol–water partition coefficient (Wildman–Crippen LogP) is 4.45. The van der Waals surface area contributed by atoms with Gasteiger partial charge in [0.15, 0.2) is 17.4 Å². The Hall–Kier alpha value is -3.54. The van der Waals surface area contributed by atoms with Crippen LogP contribution in [0, 0.1) is 11.6 Å². The lowest BCUT2D eigenvalue weighted by Gasteiger charge is -2.09. The van der Waals surface area contributed by atoms with Crippen molar-refractivity contribution in [1.82, 2.24) is 9.97 Å². The SMILES string of the molecule is O=c1[nH]c(-c2cccc(COc3c(F)cccc3F)c2)nc2ccccc12. The van der Waals surface area contributed by atoms with E-state index >= 15 is 0 Å². The molecule has 4 rings (SSSR count). The number of hydrogen-bond donors (Lipinski definition) is 1. The molecular formula is C21H14F2N2O2. The summed E-state index contributed by atoms with van der Waals surface area (Å²) in [5.41, 5.74) is 1.72. The first kappa shape index (κ1) is 16.9. The van der Waals surface area contributed by atoms with Crippen molar-refractivity contribution >= 4 is 10.9 Å². The van der Waals surface area contributed by atoms with Gasteiger partial charge >= 0.3 is 0 Å². The van der Waals surface area contributed by atoms with Crippen LogP contribution in [0.25, 0.3) is 22.3 Å². The zero-order valence-electron chi connectivity index (χ0n) is 14.1. The normalized spacial score (nSPS) is 10.9. The first-order valence-electron chi connectivity index (χ1n) is 8.27. The maximum atomic E-state index is 13.7. The second kappa shape index (κ2) is 6.99. The Morgan fingerprint density at radius 1 is 0.926 bits per heavy atom. The van der Waals surface area contributed by atoms with E-state index in [9.17, 15) is 13.6 Å². The van der Waals surface area contributed by atoms with Crippen LogP contribution in [0.1, 0.15) is 5.56 Å². The molecule has 0 radical (unpaired) electrons. The van der Waals surface area contributed by atoms with E-state index in [1.807, 2.05) is 6.07 Å². The maximum absolute atomic E-state index is 13.7. The van der Waals surface area contributed by atoms with E-state index in [1.54, 1.807) is 42.5 Å². The second-order valence-electron chi connectivity index (χ2n) is 5.97. The highest BCUT2D eigenvalue weighted by Gasteiger charge is 2.11. The number of para-hydroxylation sites is 2. The van der Waals surface area contributed by atoms with Crippen molar-refractivity contribution in [1.29, 1.82) is 0 Å². The molecule has 0 spiro atoms. The van der Waals surface area contributed by atoms with Gasteiger partial charge in [-0.2, -0.15) is 0 Å². The summed E-state index contributed by atoms with van der Waals surface area (Å²) in [6.45, 7) is -0.0243. The Labute approximate surface area is 153 Å². The lowest BCUT2D eigenvalue weighted by molar-refractivity contribution is 0.274. The van der Waals surface area contributed by atoms with E-state index < -0.39 is 17.4 Å². The summed E-state index contributed by atoms with van der Waals surface area (Å²) in [4.78, 5) is 19.5. The summed E-state index contributed by atoms with van der Waals surface area (Å²) in [5, 5.41) is 0.510. The summed E-state index contributed by atoms with van der Waals surface area (Å²) in [6.07, 6.45) is 0. The third-order valence-electron chi connectivity index (χ3n) is 4.12. The van der Waals surface area contributed by atoms with Gasteiger partial charge in [-0.3, -0.25) is 4.79 Å². The first-order chi connectivity index (χ1) is 13.1. The zero-order valence-corrected chi connectivity index (χ0v) is 14.1. The molecule has 0 fully saturated rings. The Morgan fingerprint density at radius 3 is 2.48 bits per heavy atom. The standard InChI is InChI=1S/C21H14F2N2O2/c22-16-8-4-9-17(23)19(16)27-12-13-5-3-6-14(11-13)20-24-18-10-2-1-7-15(18)21(26)25-20/h1-11H,12H2,(H,24,25,26). The van der Waals surface area contributed by atoms with E-state index in [1.165, 1.54) is 6.07 Å². The second-order valence-corrected chi connectivity index (χ2v) is 5.97. The van der Waals surface area contributed by atoms with Crippen LogP contribution < -0.4 is 10.3 Å². The Balaban J connectivity index is 1.64. The molecule has 1 aromatic heterocycles. The highest BCUT2D eigenvalue weighted by atomic mass is 19.1. The third kappa shape index (κ3) is 3.42. The number of aromatic amines is 1. The summed E-state index contributed by atoms with van der Waals surface area (Å²) in [7, 11) is 0. The van der Waals surface area contributed by atoms with Crippen LogP contribution in [0.4, 0.5) is 8.78 Å². The highest BCUT2D eigenvalue weighted by Crippen LogP contribution is 2.23. The van der Waals surface area contributed by atoms with Gasteiger partial charge in [0.2, 0.25) is 0 Å². The minimum atomic E-state index is -0.758. The minimum absolute atomic E-state index is 0.0243. The number of hydrogen-bond acceptors (Lipinski definition) is 3. The van der Waals surface area contributed by atoms with Crippen LogP contribution in [0.2, 0.25) is 0 Å². The number of ether oxygens (including phenoxy) is 1. The monoisotopic (exact) mass is 364 g/mol. The summed E-state index contributed by atoms with van der Waals surface area (Å²) >= 11 is 0. The van der Waals surface area contributed by atoms with E-state index in [4.69, 9.17) is 4.74 Å². The van der Waals surface area contributed by atoms with E-state index in [0.29, 0.717) is 27.9 Å². The van der Waals surface area contributed by atoms with Gasteiger partial charge in [0, 0.05) is 5.56 Å². The molecular weight excluding hydrogens is 350 g/mol. The van der Waals surface area contributed by atoms with Crippen LogP contribution in [0.15, 0.2) is 71.5 Å². The molecule has 0 bridgehead atoms. The van der Waals surface area contributed by atoms with Crippen molar-refractivity contribution in [2.24, 2.45) is 0 Å². The highest BCUT2D eigenvalue weighted by molar-refractivity contribution is 5.79. The van der Waals surface area contributed by atoms with E-state index in [-0.39, 0.29) is 12.2 Å². The molecule has 0 saturated heterocycles. The minimum Gasteiger partial charge on any atom is -0.483 e. The van der Waals surface area contributed by atoms with Crippen molar-refractivity contribution in [3.05, 3.63) is 94.3 Å². The van der Waals surface area contributed by atoms with Gasteiger partial charge < -0.3 is 9.72 Å². The molecule has 0 amide bonds. The van der Waals surface area contributed by atoms with Crippen LogP contribution in [0.3, 0.4) is 0 Å². The lowest BCUT2D eigenvalue weighted by Crippen LogP contribution is -2.09. The first-order valence-corrected chi connectivity index (χ1v) is 8.27. The largest absolute Gasteiger partial charge is 0.483 e. The van der Waals surface area contributed by atoms with Gasteiger partial charge in [0.25, 0.3) is 5.56 Å². The van der Waals surface area contributed by atoms with Crippen LogP contribution in [0.5, 0.6) is 5.75 Å². The molecule has 4 aromatic rings. The van der Waals surface area contributed by atoms with Crippen molar-refractivity contribution in [3.8, 4) is 17.1 Å². The van der Waals surface area contributed by atoms with Gasteiger partial charge in [-0.25, -0.2) is 13.8 Å². The number of nitrogens with zero attached hydrogens (tertiary/aromatic N) is 1. The zero-order chi connectivity index (χ0) is 18.8. The quantitative estimate of drug-likeness (QED) is 0.582. The summed E-state index contributed by atoms with van der Waals surface area (Å²) < 4.78 is 32.6. The molecule has 3 aromatic carbocycles. The molecule has 134 valence electrons. The van der Waals surface area contributed by atoms with Crippen LogP contribution >= 0.6 is 0 Å². The third-order valence-corrected chi connectivity index (χ3v) is 4.12. The number of nitrogens with one attached hydrogen (secondary N) is 1. The molecule has 6 heteroatoms. The summed E-state index contributed by atoms with van der Waals surface area (Å²) in [6, 6.07) is 17.7. The van der Waals surface area contributed by atoms with Crippen molar-refractivity contribution in [2.75, 3.05) is 0 Å². The van der Waals surface area contributed by atoms with E-state index in [0.717, 1.165) is 12.1 Å². The number of aromatic nitrogens is 2. The molecule has 1 N–H and O–H groups in total. The average Bonchev–Trinajstić information content (AvgIpc) is 2.68. The molecule has 0 atom stereocenters. The molecule has 0 aliphatic rings. The summed E-state index contributed by atoms with van der Waals surface area (Å²) in [5.74, 6) is -1.52. The topological polar surface area (TPSA) is 55.0 Å². The van der Waals surface area contributed by atoms with Crippen molar-refractivity contribution < 1.29 is 13.5 Å². The average molecular weight is 364 g/mol. The fraction of sp³-hybridized carbons (Fsp3) is 0.0476. The molecule has 1 heterocycles. The smallest absolute Gasteiger partial charge is 0.259 e. The van der Waals surface area contributed by atoms with Gasteiger partial charge in [0.1, 0.15) is 12.4 Å². The Bertz CT molecular complexity index is 1170. The van der Waals surface area contributed by atoms with Gasteiger partial charge in [-0.05, 0) is 35.9 Å².